The lowest BCUT2D eigenvalue weighted by Crippen LogP contribution is -2.62. The summed E-state index contributed by atoms with van der Waals surface area (Å²) in [6.45, 7) is 0.908. The van der Waals surface area contributed by atoms with E-state index in [1.165, 1.54) is 38.5 Å². The van der Waals surface area contributed by atoms with Gasteiger partial charge in [-0.15, -0.1) is 0 Å². The fraction of sp³-hybridized carbons (Fsp3) is 1.00. The van der Waals surface area contributed by atoms with Gasteiger partial charge in [0.2, 0.25) is 0 Å². The molecule has 118 valence electrons. The number of piperidine rings is 1. The molecular weight excluding hydrogens is 258 g/mol. The highest BCUT2D eigenvalue weighted by Crippen LogP contribution is 2.28. The van der Waals surface area contributed by atoms with E-state index in [0.29, 0.717) is 6.54 Å². The molecule has 5 nitrogen and oxygen atoms in total. The quantitative estimate of drug-likeness (QED) is 0.577. The fourth-order valence-electron chi connectivity index (χ4n) is 3.69. The third-order valence-corrected chi connectivity index (χ3v) is 5.00. The number of nitrogens with zero attached hydrogens (tertiary/aromatic N) is 1. The van der Waals surface area contributed by atoms with Crippen LogP contribution >= 0.6 is 0 Å². The molecule has 1 aliphatic carbocycles. The SMILES string of the molecule is OCC1C(O)C(O)C(O)CN1CCCC1CCCCC1. The summed E-state index contributed by atoms with van der Waals surface area (Å²) in [4.78, 5) is 1.92. The lowest BCUT2D eigenvalue weighted by Gasteiger charge is -2.43. The first-order valence-corrected chi connectivity index (χ1v) is 8.02. The van der Waals surface area contributed by atoms with Crippen LogP contribution in [-0.2, 0) is 0 Å². The van der Waals surface area contributed by atoms with Crippen molar-refractivity contribution in [2.24, 2.45) is 5.92 Å². The Morgan fingerprint density at radius 1 is 0.950 bits per heavy atom. The normalized spacial score (nSPS) is 37.2. The Morgan fingerprint density at radius 3 is 2.30 bits per heavy atom. The van der Waals surface area contributed by atoms with Gasteiger partial charge in [-0.1, -0.05) is 32.1 Å². The van der Waals surface area contributed by atoms with Crippen LogP contribution in [0.2, 0.25) is 0 Å². The minimum atomic E-state index is -1.15. The summed E-state index contributed by atoms with van der Waals surface area (Å²) < 4.78 is 0. The highest BCUT2D eigenvalue weighted by Gasteiger charge is 2.40. The van der Waals surface area contributed by atoms with E-state index in [9.17, 15) is 20.4 Å². The van der Waals surface area contributed by atoms with Gasteiger partial charge in [0.15, 0.2) is 0 Å². The molecule has 4 unspecified atom stereocenters. The van der Waals surface area contributed by atoms with Crippen LogP contribution in [0, 0.1) is 5.92 Å². The van der Waals surface area contributed by atoms with E-state index in [0.717, 1.165) is 18.9 Å². The van der Waals surface area contributed by atoms with Gasteiger partial charge in [-0.3, -0.25) is 4.90 Å². The highest BCUT2D eigenvalue weighted by atomic mass is 16.4. The van der Waals surface area contributed by atoms with Crippen LogP contribution in [-0.4, -0.2) is 69.4 Å². The number of aliphatic hydroxyl groups is 4. The second-order valence-corrected chi connectivity index (χ2v) is 6.44. The third-order valence-electron chi connectivity index (χ3n) is 5.00. The molecule has 0 radical (unpaired) electrons. The molecule has 1 saturated heterocycles. The van der Waals surface area contributed by atoms with Crippen LogP contribution < -0.4 is 0 Å². The van der Waals surface area contributed by atoms with Gasteiger partial charge in [-0.25, -0.2) is 0 Å². The Kier molecular flexibility index (Phi) is 6.23. The van der Waals surface area contributed by atoms with Crippen LogP contribution in [0.3, 0.4) is 0 Å². The molecule has 0 spiro atoms. The van der Waals surface area contributed by atoms with Crippen LogP contribution in [0.4, 0.5) is 0 Å². The van der Waals surface area contributed by atoms with Crippen molar-refractivity contribution in [2.75, 3.05) is 19.7 Å². The Morgan fingerprint density at radius 2 is 1.65 bits per heavy atom. The van der Waals surface area contributed by atoms with E-state index < -0.39 is 24.4 Å². The van der Waals surface area contributed by atoms with Gasteiger partial charge in [0, 0.05) is 6.54 Å². The molecule has 0 bridgehead atoms. The number of β-amino-alcohol motifs (C(OH)–C–C–N with tert-alkyl or cyclic N) is 1. The van der Waals surface area contributed by atoms with E-state index in [-0.39, 0.29) is 6.61 Å². The Hall–Kier alpha value is -0.200. The van der Waals surface area contributed by atoms with Crippen LogP contribution in [0.15, 0.2) is 0 Å². The van der Waals surface area contributed by atoms with Crippen molar-refractivity contribution in [2.45, 2.75) is 69.3 Å². The number of hydrogen-bond acceptors (Lipinski definition) is 5. The van der Waals surface area contributed by atoms with Gasteiger partial charge in [-0.05, 0) is 25.3 Å². The maximum atomic E-state index is 9.91. The van der Waals surface area contributed by atoms with Crippen molar-refractivity contribution in [3.63, 3.8) is 0 Å². The maximum Gasteiger partial charge on any atom is 0.109 e. The Labute approximate surface area is 121 Å². The van der Waals surface area contributed by atoms with Gasteiger partial charge < -0.3 is 20.4 Å². The summed E-state index contributed by atoms with van der Waals surface area (Å²) in [7, 11) is 0. The summed E-state index contributed by atoms with van der Waals surface area (Å²) >= 11 is 0. The summed E-state index contributed by atoms with van der Waals surface area (Å²) in [6.07, 6.45) is 5.77. The molecule has 4 N–H and O–H groups in total. The topological polar surface area (TPSA) is 84.2 Å². The van der Waals surface area contributed by atoms with Crippen molar-refractivity contribution in [3.05, 3.63) is 0 Å². The first-order valence-electron chi connectivity index (χ1n) is 8.02. The molecule has 1 saturated carbocycles. The molecule has 0 amide bonds. The van der Waals surface area contributed by atoms with Gasteiger partial charge in [0.25, 0.3) is 0 Å². The second-order valence-electron chi connectivity index (χ2n) is 6.44. The van der Waals surface area contributed by atoms with Crippen LogP contribution in [0.5, 0.6) is 0 Å². The number of aliphatic hydroxyl groups excluding tert-OH is 4. The molecule has 4 atom stereocenters. The first-order chi connectivity index (χ1) is 9.63. The third kappa shape index (κ3) is 3.92. The van der Waals surface area contributed by atoms with E-state index in [2.05, 4.69) is 0 Å². The standard InChI is InChI=1S/C15H29NO4/c17-10-12-14(19)15(20)13(18)9-16(12)8-4-7-11-5-2-1-3-6-11/h11-15,17-20H,1-10H2. The van der Waals surface area contributed by atoms with E-state index >= 15 is 0 Å². The molecule has 2 fully saturated rings. The zero-order valence-corrected chi connectivity index (χ0v) is 12.2. The molecule has 2 aliphatic rings. The van der Waals surface area contributed by atoms with E-state index in [1.54, 1.807) is 0 Å². The summed E-state index contributed by atoms with van der Waals surface area (Å²) in [5.74, 6) is 0.821. The molecule has 0 aromatic heterocycles. The van der Waals surface area contributed by atoms with E-state index in [1.807, 2.05) is 4.90 Å². The van der Waals surface area contributed by atoms with Gasteiger partial charge >= 0.3 is 0 Å². The van der Waals surface area contributed by atoms with Crippen LogP contribution in [0.1, 0.15) is 44.9 Å². The van der Waals surface area contributed by atoms with Gasteiger partial charge in [-0.2, -0.15) is 0 Å². The minimum Gasteiger partial charge on any atom is -0.395 e. The van der Waals surface area contributed by atoms with Crippen molar-refractivity contribution >= 4 is 0 Å². The van der Waals surface area contributed by atoms with Crippen LogP contribution in [0.25, 0.3) is 0 Å². The van der Waals surface area contributed by atoms with Crippen molar-refractivity contribution in [1.82, 2.24) is 4.90 Å². The highest BCUT2D eigenvalue weighted by molar-refractivity contribution is 4.94. The molecular formula is C15H29NO4. The smallest absolute Gasteiger partial charge is 0.109 e. The molecule has 5 heteroatoms. The molecule has 0 aromatic rings. The summed E-state index contributed by atoms with van der Waals surface area (Å²) in [5, 5.41) is 38.7. The largest absolute Gasteiger partial charge is 0.395 e. The predicted octanol–water partition coefficient (Wildman–Crippen LogP) is 0.106. The number of likely N-dealkylation sites (tertiary alicyclic amines) is 1. The monoisotopic (exact) mass is 287 g/mol. The predicted molar refractivity (Wildman–Crippen MR) is 76.3 cm³/mol. The Bertz CT molecular complexity index is 283. The molecule has 1 heterocycles. The molecule has 1 aliphatic heterocycles. The van der Waals surface area contributed by atoms with Crippen molar-refractivity contribution in [1.29, 1.82) is 0 Å². The van der Waals surface area contributed by atoms with Gasteiger partial charge in [0.05, 0.1) is 18.8 Å². The lowest BCUT2D eigenvalue weighted by molar-refractivity contribution is -0.145. The Balaban J connectivity index is 1.77. The summed E-state index contributed by atoms with van der Waals surface area (Å²) in [6, 6.07) is -0.459. The number of hydrogen-bond donors (Lipinski definition) is 4. The number of rotatable bonds is 5. The lowest BCUT2D eigenvalue weighted by atomic mass is 9.86. The average Bonchev–Trinajstić information content (AvgIpc) is 2.46. The second kappa shape index (κ2) is 7.71. The summed E-state index contributed by atoms with van der Waals surface area (Å²) in [5.41, 5.74) is 0. The molecule has 2 rings (SSSR count). The fourth-order valence-corrected chi connectivity index (χ4v) is 3.69. The van der Waals surface area contributed by atoms with Crippen molar-refractivity contribution < 1.29 is 20.4 Å². The molecule has 0 aromatic carbocycles. The zero-order chi connectivity index (χ0) is 14.5. The average molecular weight is 287 g/mol. The first kappa shape index (κ1) is 16.2. The van der Waals surface area contributed by atoms with Gasteiger partial charge in [0.1, 0.15) is 12.2 Å². The maximum absolute atomic E-state index is 9.91. The minimum absolute atomic E-state index is 0.186. The molecule has 20 heavy (non-hydrogen) atoms. The zero-order valence-electron chi connectivity index (χ0n) is 12.2. The van der Waals surface area contributed by atoms with Crippen molar-refractivity contribution in [3.8, 4) is 0 Å². The van der Waals surface area contributed by atoms with E-state index in [4.69, 9.17) is 0 Å².